The second-order valence-electron chi connectivity index (χ2n) is 11.1. The summed E-state index contributed by atoms with van der Waals surface area (Å²) in [6.07, 6.45) is 5.72. The fourth-order valence-electron chi connectivity index (χ4n) is 7.06. The maximum Gasteiger partial charge on any atom is -0.00194 e. The Bertz CT molecular complexity index is 2430. The van der Waals surface area contributed by atoms with E-state index < -0.39 is 0 Å². The third-order valence-corrected chi connectivity index (χ3v) is 8.84. The summed E-state index contributed by atoms with van der Waals surface area (Å²) in [6, 6.07) is 48.2. The van der Waals surface area contributed by atoms with E-state index in [4.69, 9.17) is 5.73 Å². The van der Waals surface area contributed by atoms with Crippen LogP contribution in [0, 0.1) is 0 Å². The van der Waals surface area contributed by atoms with Gasteiger partial charge in [0.1, 0.15) is 0 Å². The third-order valence-electron chi connectivity index (χ3n) is 8.84. The molecule has 0 amide bonds. The first-order valence-electron chi connectivity index (χ1n) is 14.7. The molecule has 202 valence electrons. The summed E-state index contributed by atoms with van der Waals surface area (Å²) in [5, 5.41) is 12.3. The molecule has 1 heteroatoms. The van der Waals surface area contributed by atoms with Crippen LogP contribution in [0.2, 0.25) is 0 Å². The first-order valence-corrected chi connectivity index (χ1v) is 14.7. The van der Waals surface area contributed by atoms with Crippen LogP contribution in [0.1, 0.15) is 11.1 Å². The molecule has 0 saturated carbocycles. The molecule has 8 rings (SSSR count). The molecule has 0 bridgehead atoms. The average molecular weight is 548 g/mol. The monoisotopic (exact) mass is 547 g/mol. The first-order chi connectivity index (χ1) is 21.3. The zero-order valence-electron chi connectivity index (χ0n) is 23.7. The molecule has 0 spiro atoms. The molecule has 8 aromatic rings. The van der Waals surface area contributed by atoms with Crippen molar-refractivity contribution in [2.24, 2.45) is 5.73 Å². The number of fused-ring (bicyclic) bond motifs is 7. The molecule has 0 aliphatic carbocycles. The number of benzene rings is 8. The summed E-state index contributed by atoms with van der Waals surface area (Å²) in [6.45, 7) is 4.38. The predicted molar refractivity (Wildman–Crippen MR) is 188 cm³/mol. The van der Waals surface area contributed by atoms with Crippen molar-refractivity contribution in [3.8, 4) is 22.3 Å². The van der Waals surface area contributed by atoms with E-state index in [0.29, 0.717) is 0 Å². The molecule has 0 saturated heterocycles. The van der Waals surface area contributed by atoms with Gasteiger partial charge in [-0.05, 0) is 112 Å². The third kappa shape index (κ3) is 3.79. The lowest BCUT2D eigenvalue weighted by atomic mass is 9.80. The molecule has 0 atom stereocenters. The van der Waals surface area contributed by atoms with Gasteiger partial charge in [0.15, 0.2) is 0 Å². The Hall–Kier alpha value is -5.66. The Labute approximate surface area is 250 Å². The minimum atomic E-state index is 1.07. The van der Waals surface area contributed by atoms with Gasteiger partial charge >= 0.3 is 0 Å². The van der Waals surface area contributed by atoms with Crippen molar-refractivity contribution < 1.29 is 0 Å². The van der Waals surface area contributed by atoms with Gasteiger partial charge in [-0.1, -0.05) is 134 Å². The van der Waals surface area contributed by atoms with Crippen LogP contribution in [0.25, 0.3) is 88.3 Å². The molecule has 0 radical (unpaired) electrons. The molecule has 0 aliphatic rings. The fraction of sp³-hybridized carbons (Fsp3) is 0. The highest BCUT2D eigenvalue weighted by Gasteiger charge is 2.22. The van der Waals surface area contributed by atoms with E-state index >= 15 is 0 Å². The summed E-state index contributed by atoms with van der Waals surface area (Å²) < 4.78 is 0. The van der Waals surface area contributed by atoms with Crippen molar-refractivity contribution in [1.82, 2.24) is 0 Å². The highest BCUT2D eigenvalue weighted by atomic mass is 14.5. The summed E-state index contributed by atoms with van der Waals surface area (Å²) in [5.74, 6) is 0. The summed E-state index contributed by atoms with van der Waals surface area (Å²) in [4.78, 5) is 0. The van der Waals surface area contributed by atoms with E-state index in [9.17, 15) is 0 Å². The molecule has 1 nitrogen and oxygen atoms in total. The number of hydrogen-bond donors (Lipinski definition) is 1. The minimum Gasteiger partial charge on any atom is -0.405 e. The van der Waals surface area contributed by atoms with Crippen LogP contribution >= 0.6 is 0 Å². The van der Waals surface area contributed by atoms with E-state index in [0.717, 1.165) is 11.1 Å². The fourth-order valence-corrected chi connectivity index (χ4v) is 7.06. The van der Waals surface area contributed by atoms with Crippen LogP contribution in [-0.2, 0) is 0 Å². The molecule has 0 heterocycles. The van der Waals surface area contributed by atoms with Crippen LogP contribution in [0.3, 0.4) is 0 Å². The van der Waals surface area contributed by atoms with Crippen molar-refractivity contribution >= 4 is 66.0 Å². The highest BCUT2D eigenvalue weighted by Crippen LogP contribution is 2.48. The quantitative estimate of drug-likeness (QED) is 0.218. The topological polar surface area (TPSA) is 26.0 Å². The van der Waals surface area contributed by atoms with Gasteiger partial charge in [-0.3, -0.25) is 0 Å². The molecule has 0 fully saturated rings. The molecule has 8 aromatic carbocycles. The second kappa shape index (κ2) is 10.0. The van der Waals surface area contributed by atoms with Gasteiger partial charge in [0.25, 0.3) is 0 Å². The zero-order chi connectivity index (χ0) is 28.9. The minimum absolute atomic E-state index is 1.07. The largest absolute Gasteiger partial charge is 0.405 e. The maximum absolute atomic E-state index is 6.22. The lowest BCUT2D eigenvalue weighted by Crippen LogP contribution is -1.98. The Morgan fingerprint density at radius 3 is 1.23 bits per heavy atom. The van der Waals surface area contributed by atoms with Crippen LogP contribution in [0.5, 0.6) is 0 Å². The van der Waals surface area contributed by atoms with Crippen molar-refractivity contribution in [3.63, 3.8) is 0 Å². The molecule has 0 aromatic heterocycles. The summed E-state index contributed by atoms with van der Waals surface area (Å²) in [5.41, 5.74) is 13.1. The number of rotatable bonds is 4. The van der Waals surface area contributed by atoms with Crippen molar-refractivity contribution in [2.75, 3.05) is 0 Å². The van der Waals surface area contributed by atoms with Crippen molar-refractivity contribution in [1.29, 1.82) is 0 Å². The first kappa shape index (κ1) is 25.1. The van der Waals surface area contributed by atoms with Crippen LogP contribution < -0.4 is 5.73 Å². The zero-order valence-corrected chi connectivity index (χ0v) is 23.7. The Kier molecular flexibility index (Phi) is 5.84. The smallest absolute Gasteiger partial charge is 0.00194 e. The SMILES string of the molecule is C=Cc1c(/C=C\N)c(-c2cc3ccccc3c3ccccc23)c2ccccc2c1-c1cc2ccccc2c2ccccc12. The normalized spacial score (nSPS) is 11.8. The Morgan fingerprint density at radius 2 is 0.791 bits per heavy atom. The van der Waals surface area contributed by atoms with Gasteiger partial charge in [-0.15, -0.1) is 0 Å². The van der Waals surface area contributed by atoms with E-state index in [1.165, 1.54) is 76.1 Å². The van der Waals surface area contributed by atoms with Gasteiger partial charge in [-0.2, -0.15) is 0 Å². The highest BCUT2D eigenvalue weighted by molar-refractivity contribution is 6.22. The molecule has 43 heavy (non-hydrogen) atoms. The van der Waals surface area contributed by atoms with Gasteiger partial charge < -0.3 is 5.73 Å². The number of hydrogen-bond acceptors (Lipinski definition) is 1. The van der Waals surface area contributed by atoms with Crippen LogP contribution in [0.4, 0.5) is 0 Å². The van der Waals surface area contributed by atoms with Crippen molar-refractivity contribution in [3.05, 3.63) is 157 Å². The van der Waals surface area contributed by atoms with Crippen LogP contribution in [0.15, 0.2) is 146 Å². The number of nitrogens with two attached hydrogens (primary N) is 1. The van der Waals surface area contributed by atoms with Crippen molar-refractivity contribution in [2.45, 2.75) is 0 Å². The van der Waals surface area contributed by atoms with Crippen LogP contribution in [-0.4, -0.2) is 0 Å². The summed E-state index contributed by atoms with van der Waals surface area (Å²) >= 11 is 0. The molecule has 2 N–H and O–H groups in total. The van der Waals surface area contributed by atoms with Gasteiger partial charge in [0.2, 0.25) is 0 Å². The van der Waals surface area contributed by atoms with E-state index in [1.54, 1.807) is 6.20 Å². The average Bonchev–Trinajstić information content (AvgIpc) is 3.07. The standard InChI is InChI=1S/C42H29N/c1-2-29-38(23-24-43)42(40-26-28-14-4-6-16-31(28)33-18-8-10-20-35(33)40)37-22-12-11-21-36(37)41(29)39-25-27-13-3-5-15-30(27)32-17-7-9-19-34(32)39/h2-26H,1,43H2/b24-23-. The summed E-state index contributed by atoms with van der Waals surface area (Å²) in [7, 11) is 0. The van der Waals surface area contributed by atoms with E-state index in [2.05, 4.69) is 146 Å². The predicted octanol–water partition coefficient (Wildman–Crippen LogP) is 11.4. The lowest BCUT2D eigenvalue weighted by molar-refractivity contribution is 1.58. The van der Waals surface area contributed by atoms with Gasteiger partial charge in [0, 0.05) is 0 Å². The molecular weight excluding hydrogens is 518 g/mol. The second-order valence-corrected chi connectivity index (χ2v) is 11.1. The Morgan fingerprint density at radius 1 is 0.419 bits per heavy atom. The molecule has 0 aliphatic heterocycles. The Balaban J connectivity index is 1.59. The molecule has 0 unspecified atom stereocenters. The maximum atomic E-state index is 6.22. The lowest BCUT2D eigenvalue weighted by Gasteiger charge is -2.23. The van der Waals surface area contributed by atoms with Gasteiger partial charge in [0.05, 0.1) is 0 Å². The van der Waals surface area contributed by atoms with E-state index in [-0.39, 0.29) is 0 Å². The van der Waals surface area contributed by atoms with Gasteiger partial charge in [-0.25, -0.2) is 0 Å². The van der Waals surface area contributed by atoms with E-state index in [1.807, 2.05) is 6.08 Å². The molecular formula is C42H29N.